The number of carbonyl (C=O) groups excluding carboxylic acids is 3. The second-order valence-corrected chi connectivity index (χ2v) is 12.0. The summed E-state index contributed by atoms with van der Waals surface area (Å²) in [5, 5.41) is 3.76. The first-order valence-electron chi connectivity index (χ1n) is 13.8. The van der Waals surface area contributed by atoms with E-state index < -0.39 is 6.04 Å². The maximum Gasteiger partial charge on any atom is 0.248 e. The molecule has 4 heterocycles. The quantitative estimate of drug-likeness (QED) is 0.230. The number of Topliss-reactive ketones (excluding diaryl/α,β-unsaturated/α-hetero) is 1. The molecule has 1 saturated carbocycles. The van der Waals surface area contributed by atoms with Crippen LogP contribution in [0.3, 0.4) is 0 Å². The predicted molar refractivity (Wildman–Crippen MR) is 160 cm³/mol. The third-order valence-electron chi connectivity index (χ3n) is 8.41. The maximum atomic E-state index is 13.9. The maximum absolute atomic E-state index is 13.9. The van der Waals surface area contributed by atoms with Crippen LogP contribution in [0.15, 0.2) is 47.5 Å². The first-order chi connectivity index (χ1) is 19.6. The molecule has 1 N–H and O–H groups in total. The molecule has 3 atom stereocenters. The van der Waals surface area contributed by atoms with Crippen molar-refractivity contribution >= 4 is 50.2 Å². The van der Waals surface area contributed by atoms with Crippen LogP contribution in [0.4, 0.5) is 5.82 Å². The van der Waals surface area contributed by atoms with E-state index in [1.165, 1.54) is 6.92 Å². The Bertz CT molecular complexity index is 1710. The molecule has 0 radical (unpaired) electrons. The lowest BCUT2D eigenvalue weighted by Gasteiger charge is -2.34. The summed E-state index contributed by atoms with van der Waals surface area (Å²) in [6.07, 6.45) is 7.95. The number of benzene rings is 1. The number of aromatic nitrogens is 4. The van der Waals surface area contributed by atoms with Crippen LogP contribution in [0.25, 0.3) is 22.0 Å². The first kappa shape index (κ1) is 27.3. The van der Waals surface area contributed by atoms with Crippen LogP contribution in [0.5, 0.6) is 0 Å². The number of hydrogen-bond acceptors (Lipinski definition) is 6. The SMILES string of the molecule is CC(=O)c1cn(CC(=O)N2[C@H]3CC[C@H](C3)[C@H]2C(=O)Nc2nc(Br)ccc2C)c2c(C)cc(-c3cnc(C)nc3)cc12. The van der Waals surface area contributed by atoms with E-state index >= 15 is 0 Å². The van der Waals surface area contributed by atoms with Crippen molar-refractivity contribution in [3.05, 3.63) is 70.0 Å². The summed E-state index contributed by atoms with van der Waals surface area (Å²) >= 11 is 3.37. The Morgan fingerprint density at radius 3 is 2.51 bits per heavy atom. The fraction of sp³-hybridized carbons (Fsp3) is 0.355. The van der Waals surface area contributed by atoms with Crippen LogP contribution in [0.2, 0.25) is 0 Å². The molecule has 1 aliphatic carbocycles. The number of nitrogens with zero attached hydrogens (tertiary/aromatic N) is 5. The highest BCUT2D eigenvalue weighted by atomic mass is 79.9. The van der Waals surface area contributed by atoms with E-state index in [2.05, 4.69) is 36.2 Å². The monoisotopic (exact) mass is 614 g/mol. The Balaban J connectivity index is 1.32. The van der Waals surface area contributed by atoms with Gasteiger partial charge in [0, 0.05) is 41.1 Å². The van der Waals surface area contributed by atoms with E-state index in [4.69, 9.17) is 0 Å². The second kappa shape index (κ2) is 10.5. The summed E-state index contributed by atoms with van der Waals surface area (Å²) in [5.41, 5.74) is 4.94. The number of rotatable bonds is 6. The number of fused-ring (bicyclic) bond motifs is 3. The number of carbonyl (C=O) groups is 3. The average molecular weight is 616 g/mol. The van der Waals surface area contributed by atoms with Gasteiger partial charge in [-0.3, -0.25) is 14.4 Å². The number of ketones is 1. The Labute approximate surface area is 246 Å². The molecular formula is C31H31BrN6O3. The highest BCUT2D eigenvalue weighted by Crippen LogP contribution is 2.43. The number of halogens is 1. The summed E-state index contributed by atoms with van der Waals surface area (Å²) in [7, 11) is 0. The molecule has 0 unspecified atom stereocenters. The van der Waals surface area contributed by atoms with Gasteiger partial charge in [0.05, 0.1) is 5.52 Å². The van der Waals surface area contributed by atoms with Crippen molar-refractivity contribution in [3.63, 3.8) is 0 Å². The third-order valence-corrected chi connectivity index (χ3v) is 8.85. The molecule has 10 heteroatoms. The zero-order valence-electron chi connectivity index (χ0n) is 23.4. The molecule has 0 spiro atoms. The molecule has 2 aliphatic rings. The summed E-state index contributed by atoms with van der Waals surface area (Å²) in [5.74, 6) is 0.887. The molecule has 2 amide bonds. The Morgan fingerprint density at radius 1 is 1.02 bits per heavy atom. The van der Waals surface area contributed by atoms with Crippen molar-refractivity contribution < 1.29 is 14.4 Å². The lowest BCUT2D eigenvalue weighted by Crippen LogP contribution is -2.52. The van der Waals surface area contributed by atoms with Crippen LogP contribution in [0, 0.1) is 26.7 Å². The van der Waals surface area contributed by atoms with E-state index in [0.717, 1.165) is 52.4 Å². The van der Waals surface area contributed by atoms with Crippen LogP contribution in [-0.4, -0.2) is 54.1 Å². The number of amides is 2. The number of nitrogens with one attached hydrogen (secondary N) is 1. The van der Waals surface area contributed by atoms with Crippen molar-refractivity contribution in [2.45, 2.75) is 65.6 Å². The van der Waals surface area contributed by atoms with Crippen LogP contribution >= 0.6 is 15.9 Å². The molecule has 1 aliphatic heterocycles. The van der Waals surface area contributed by atoms with Gasteiger partial charge in [0.15, 0.2) is 5.78 Å². The van der Waals surface area contributed by atoms with E-state index in [9.17, 15) is 14.4 Å². The third kappa shape index (κ3) is 4.94. The van der Waals surface area contributed by atoms with Gasteiger partial charge in [-0.25, -0.2) is 15.0 Å². The van der Waals surface area contributed by atoms with Gasteiger partial charge in [0.1, 0.15) is 28.8 Å². The molecule has 1 saturated heterocycles. The Morgan fingerprint density at radius 2 is 1.78 bits per heavy atom. The minimum atomic E-state index is -0.551. The van der Waals surface area contributed by atoms with Crippen molar-refractivity contribution in [1.82, 2.24) is 24.4 Å². The summed E-state index contributed by atoms with van der Waals surface area (Å²) in [6, 6.07) is 7.19. The minimum Gasteiger partial charge on any atom is -0.337 e. The largest absolute Gasteiger partial charge is 0.337 e. The molecule has 4 aromatic rings. The lowest BCUT2D eigenvalue weighted by molar-refractivity contribution is -0.141. The minimum absolute atomic E-state index is 0.0307. The highest BCUT2D eigenvalue weighted by molar-refractivity contribution is 9.10. The zero-order chi connectivity index (χ0) is 29.0. The molecular weight excluding hydrogens is 584 g/mol. The topological polar surface area (TPSA) is 110 Å². The summed E-state index contributed by atoms with van der Waals surface area (Å²) in [6.45, 7) is 7.28. The van der Waals surface area contributed by atoms with Crippen molar-refractivity contribution in [1.29, 1.82) is 0 Å². The Kier molecular flexibility index (Phi) is 6.97. The second-order valence-electron chi connectivity index (χ2n) is 11.2. The average Bonchev–Trinajstić information content (AvgIpc) is 3.65. The number of aryl methyl sites for hydroxylation is 3. The van der Waals surface area contributed by atoms with E-state index in [1.54, 1.807) is 23.5 Å². The molecule has 2 fully saturated rings. The number of anilines is 1. The van der Waals surface area contributed by atoms with Gasteiger partial charge in [-0.2, -0.15) is 0 Å². The Hall–Kier alpha value is -3.92. The van der Waals surface area contributed by atoms with Crippen molar-refractivity contribution in [2.75, 3.05) is 5.32 Å². The molecule has 6 rings (SSSR count). The van der Waals surface area contributed by atoms with Crippen LogP contribution < -0.4 is 5.32 Å². The summed E-state index contributed by atoms with van der Waals surface area (Å²) in [4.78, 5) is 55.0. The molecule has 1 aromatic carbocycles. The van der Waals surface area contributed by atoms with Gasteiger partial charge in [0.25, 0.3) is 0 Å². The van der Waals surface area contributed by atoms with Crippen molar-refractivity contribution in [2.24, 2.45) is 5.92 Å². The smallest absolute Gasteiger partial charge is 0.248 e. The lowest BCUT2D eigenvalue weighted by atomic mass is 9.97. The molecule has 3 aromatic heterocycles. The zero-order valence-corrected chi connectivity index (χ0v) is 25.0. The fourth-order valence-electron chi connectivity index (χ4n) is 6.50. The van der Waals surface area contributed by atoms with E-state index in [1.807, 2.05) is 49.6 Å². The van der Waals surface area contributed by atoms with Gasteiger partial charge in [0.2, 0.25) is 11.8 Å². The van der Waals surface area contributed by atoms with Crippen LogP contribution in [0.1, 0.15) is 53.5 Å². The van der Waals surface area contributed by atoms with Crippen LogP contribution in [-0.2, 0) is 16.1 Å². The number of piperidine rings is 1. The molecule has 9 nitrogen and oxygen atoms in total. The van der Waals surface area contributed by atoms with Gasteiger partial charge < -0.3 is 14.8 Å². The van der Waals surface area contributed by atoms with Gasteiger partial charge in [-0.1, -0.05) is 6.07 Å². The predicted octanol–water partition coefficient (Wildman–Crippen LogP) is 5.40. The van der Waals surface area contributed by atoms with Gasteiger partial charge in [-0.15, -0.1) is 0 Å². The number of likely N-dealkylation sites (tertiary alicyclic amines) is 1. The van der Waals surface area contributed by atoms with Crippen molar-refractivity contribution in [3.8, 4) is 11.1 Å². The standard InChI is InChI=1S/C31H31BrN6O3/c1-16-5-8-26(32)35-30(16)36-31(41)29-20-6-7-23(10-20)38(29)27(40)15-37-14-25(18(3)39)24-11-21(9-17(2)28(24)37)22-12-33-19(4)34-13-22/h5,8-9,11-14,20,23,29H,6-7,10,15H2,1-4H3,(H,35,36,41)/t20-,23+,29+/m1/s1. The fourth-order valence-corrected chi connectivity index (χ4v) is 6.81. The molecule has 2 bridgehead atoms. The normalized spacial score (nSPS) is 19.6. The molecule has 41 heavy (non-hydrogen) atoms. The van der Waals surface area contributed by atoms with E-state index in [-0.39, 0.29) is 36.1 Å². The summed E-state index contributed by atoms with van der Waals surface area (Å²) < 4.78 is 2.49. The van der Waals surface area contributed by atoms with Gasteiger partial charge in [-0.05, 0) is 104 Å². The number of hydrogen-bond donors (Lipinski definition) is 1. The first-order valence-corrected chi connectivity index (χ1v) is 14.6. The number of pyridine rings is 1. The highest BCUT2D eigenvalue weighted by Gasteiger charge is 2.51. The van der Waals surface area contributed by atoms with E-state index in [0.29, 0.717) is 21.8 Å². The molecule has 210 valence electrons. The van der Waals surface area contributed by atoms with Gasteiger partial charge >= 0.3 is 0 Å².